The van der Waals surface area contributed by atoms with E-state index in [0.717, 1.165) is 10.5 Å². The Labute approximate surface area is 174 Å². The fourth-order valence-corrected chi connectivity index (χ4v) is 4.12. The van der Waals surface area contributed by atoms with Gasteiger partial charge in [-0.1, -0.05) is 29.8 Å². The number of amides is 3. The van der Waals surface area contributed by atoms with Gasteiger partial charge in [-0.2, -0.15) is 0 Å². The summed E-state index contributed by atoms with van der Waals surface area (Å²) < 4.78 is 31.8. The first kappa shape index (κ1) is 21.7. The largest absolute Gasteiger partial charge is 0.369 e. The summed E-state index contributed by atoms with van der Waals surface area (Å²) in [4.78, 5) is 38.3. The van der Waals surface area contributed by atoms with Crippen molar-refractivity contribution in [3.8, 4) is 0 Å². The number of nitrogens with zero attached hydrogens (tertiary/aromatic N) is 1. The molecule has 8 nitrogen and oxygen atoms in total. The third-order valence-corrected chi connectivity index (χ3v) is 6.06. The maximum absolute atomic E-state index is 12.6. The van der Waals surface area contributed by atoms with Gasteiger partial charge in [-0.15, -0.1) is 0 Å². The Bertz CT molecular complexity index is 1070. The molecule has 2 aromatic rings. The third kappa shape index (κ3) is 4.27. The lowest BCUT2D eigenvalue weighted by molar-refractivity contribution is -0.124. The van der Waals surface area contributed by atoms with Gasteiger partial charge >= 0.3 is 0 Å². The van der Waals surface area contributed by atoms with E-state index in [-0.39, 0.29) is 11.5 Å². The normalized spacial score (nSPS) is 14.0. The fraction of sp³-hybridized carbons (Fsp3) is 0.286. The summed E-state index contributed by atoms with van der Waals surface area (Å²) in [5, 5.41) is 0. The lowest BCUT2D eigenvalue weighted by Gasteiger charge is -2.33. The molecule has 2 aromatic carbocycles. The van der Waals surface area contributed by atoms with Gasteiger partial charge in [-0.05, 0) is 45.0 Å². The van der Waals surface area contributed by atoms with E-state index < -0.39 is 39.9 Å². The Balaban J connectivity index is 1.59. The highest BCUT2D eigenvalue weighted by atomic mass is 32.2. The molecule has 0 unspecified atom stereocenters. The van der Waals surface area contributed by atoms with Crippen LogP contribution < -0.4 is 4.72 Å². The first-order valence-corrected chi connectivity index (χ1v) is 10.7. The first-order valence-electron chi connectivity index (χ1n) is 9.21. The maximum Gasteiger partial charge on any atom is 0.264 e. The summed E-state index contributed by atoms with van der Waals surface area (Å²) in [6.07, 6.45) is 0. The molecular formula is C21H22N2O6S. The second-order valence-electron chi connectivity index (χ2n) is 7.64. The molecule has 1 N–H and O–H groups in total. The van der Waals surface area contributed by atoms with E-state index in [0.29, 0.717) is 11.1 Å². The molecule has 0 atom stereocenters. The Morgan fingerprint density at radius 2 is 1.53 bits per heavy atom. The van der Waals surface area contributed by atoms with Crippen molar-refractivity contribution in [2.45, 2.75) is 31.2 Å². The average molecular weight is 430 g/mol. The molecule has 0 spiro atoms. The second-order valence-corrected chi connectivity index (χ2v) is 9.32. The highest BCUT2D eigenvalue weighted by Crippen LogP contribution is 2.29. The average Bonchev–Trinajstić information content (AvgIpc) is 2.93. The number of hydrogen-bond donors (Lipinski definition) is 1. The number of fused-ring (bicyclic) bond motifs is 1. The molecule has 3 amide bonds. The highest BCUT2D eigenvalue weighted by Gasteiger charge is 2.44. The van der Waals surface area contributed by atoms with Gasteiger partial charge in [0.2, 0.25) is 0 Å². The number of nitrogens with one attached hydrogen (secondary N) is 1. The van der Waals surface area contributed by atoms with E-state index in [1.807, 2.05) is 11.6 Å². The molecule has 1 heterocycles. The van der Waals surface area contributed by atoms with Crippen LogP contribution in [-0.2, 0) is 19.6 Å². The van der Waals surface area contributed by atoms with Crippen LogP contribution >= 0.6 is 0 Å². The van der Waals surface area contributed by atoms with Gasteiger partial charge in [-0.3, -0.25) is 19.3 Å². The van der Waals surface area contributed by atoms with Crippen molar-refractivity contribution in [1.82, 2.24) is 9.62 Å². The van der Waals surface area contributed by atoms with Crippen LogP contribution in [0.1, 0.15) is 40.1 Å². The number of sulfonamides is 1. The number of rotatable bonds is 7. The van der Waals surface area contributed by atoms with Crippen molar-refractivity contribution in [3.63, 3.8) is 0 Å². The van der Waals surface area contributed by atoms with E-state index in [9.17, 15) is 22.8 Å². The minimum Gasteiger partial charge on any atom is -0.369 e. The Morgan fingerprint density at radius 3 is 2.07 bits per heavy atom. The molecule has 0 fully saturated rings. The Morgan fingerprint density at radius 1 is 1.00 bits per heavy atom. The van der Waals surface area contributed by atoms with Crippen molar-refractivity contribution in [1.29, 1.82) is 0 Å². The number of benzene rings is 2. The molecule has 0 bridgehead atoms. The SMILES string of the molecule is Cc1ccc(S(=O)(=O)NC(=O)COCC(C)(C)N2C(=O)c3ccccc3C2=O)cc1. The number of aryl methyl sites for hydroxylation is 1. The van der Waals surface area contributed by atoms with Gasteiger partial charge in [0.1, 0.15) is 6.61 Å². The predicted molar refractivity (Wildman–Crippen MR) is 108 cm³/mol. The van der Waals surface area contributed by atoms with Crippen LogP contribution in [0.25, 0.3) is 0 Å². The molecule has 3 rings (SSSR count). The summed E-state index contributed by atoms with van der Waals surface area (Å²) in [7, 11) is -4.01. The van der Waals surface area contributed by atoms with Crippen molar-refractivity contribution >= 4 is 27.7 Å². The monoisotopic (exact) mass is 430 g/mol. The zero-order chi connectivity index (χ0) is 22.1. The molecule has 0 saturated heterocycles. The number of imide groups is 1. The molecular weight excluding hydrogens is 408 g/mol. The minimum atomic E-state index is -4.01. The molecule has 0 aromatic heterocycles. The molecule has 9 heteroatoms. The lowest BCUT2D eigenvalue weighted by atomic mass is 10.0. The number of carbonyl (C=O) groups is 3. The summed E-state index contributed by atoms with van der Waals surface area (Å²) >= 11 is 0. The minimum absolute atomic E-state index is 0.0344. The van der Waals surface area contributed by atoms with Gasteiger partial charge < -0.3 is 4.74 Å². The van der Waals surface area contributed by atoms with Crippen LogP contribution in [-0.4, -0.2) is 49.8 Å². The summed E-state index contributed by atoms with van der Waals surface area (Å²) in [5.74, 6) is -1.72. The van der Waals surface area contributed by atoms with Crippen molar-refractivity contribution in [3.05, 3.63) is 65.2 Å². The summed E-state index contributed by atoms with van der Waals surface area (Å²) in [6.45, 7) is 4.40. The molecule has 30 heavy (non-hydrogen) atoms. The fourth-order valence-electron chi connectivity index (χ4n) is 3.15. The maximum atomic E-state index is 12.6. The van der Waals surface area contributed by atoms with Gasteiger partial charge in [0.25, 0.3) is 27.7 Å². The number of carbonyl (C=O) groups excluding carboxylic acids is 3. The van der Waals surface area contributed by atoms with Crippen LogP contribution in [0.2, 0.25) is 0 Å². The van der Waals surface area contributed by atoms with Gasteiger partial charge in [-0.25, -0.2) is 13.1 Å². The van der Waals surface area contributed by atoms with E-state index in [2.05, 4.69) is 0 Å². The third-order valence-electron chi connectivity index (χ3n) is 4.67. The van der Waals surface area contributed by atoms with Crippen molar-refractivity contribution < 1.29 is 27.5 Å². The molecule has 0 saturated carbocycles. The van der Waals surface area contributed by atoms with Crippen molar-refractivity contribution in [2.24, 2.45) is 0 Å². The molecule has 0 aliphatic carbocycles. The second kappa shape index (κ2) is 8.00. The van der Waals surface area contributed by atoms with Crippen LogP contribution in [0.4, 0.5) is 0 Å². The zero-order valence-corrected chi connectivity index (χ0v) is 17.7. The van der Waals surface area contributed by atoms with Gasteiger partial charge in [0, 0.05) is 0 Å². The molecule has 1 aliphatic rings. The quantitative estimate of drug-likeness (QED) is 0.672. The Kier molecular flexibility index (Phi) is 5.78. The molecule has 158 valence electrons. The summed E-state index contributed by atoms with van der Waals surface area (Å²) in [6, 6.07) is 12.6. The highest BCUT2D eigenvalue weighted by molar-refractivity contribution is 7.90. The van der Waals surface area contributed by atoms with E-state index in [4.69, 9.17) is 4.74 Å². The van der Waals surface area contributed by atoms with Crippen molar-refractivity contribution in [2.75, 3.05) is 13.2 Å². The van der Waals surface area contributed by atoms with Gasteiger partial charge in [0.05, 0.1) is 28.2 Å². The van der Waals surface area contributed by atoms with Crippen LogP contribution in [0.5, 0.6) is 0 Å². The smallest absolute Gasteiger partial charge is 0.264 e. The number of hydrogen-bond acceptors (Lipinski definition) is 6. The van der Waals surface area contributed by atoms with E-state index >= 15 is 0 Å². The van der Waals surface area contributed by atoms with E-state index in [1.54, 1.807) is 50.2 Å². The van der Waals surface area contributed by atoms with Crippen LogP contribution in [0.15, 0.2) is 53.4 Å². The lowest BCUT2D eigenvalue weighted by Crippen LogP contribution is -2.51. The molecule has 0 radical (unpaired) electrons. The standard InChI is InChI=1S/C21H22N2O6S/c1-14-8-10-15(11-9-14)30(27,28)22-18(24)12-29-13-21(2,3)23-19(25)16-6-4-5-7-17(16)20(23)26/h4-11H,12-13H2,1-3H3,(H,22,24). The topological polar surface area (TPSA) is 110 Å². The van der Waals surface area contributed by atoms with E-state index in [1.165, 1.54) is 12.1 Å². The molecule has 1 aliphatic heterocycles. The first-order chi connectivity index (χ1) is 14.0. The zero-order valence-electron chi connectivity index (χ0n) is 16.8. The predicted octanol–water partition coefficient (Wildman–Crippen LogP) is 1.89. The van der Waals surface area contributed by atoms with Gasteiger partial charge in [0.15, 0.2) is 0 Å². The number of ether oxygens (including phenoxy) is 1. The Hall–Kier alpha value is -3.04. The summed E-state index contributed by atoms with van der Waals surface area (Å²) in [5.41, 5.74) is 0.484. The van der Waals surface area contributed by atoms with Crippen LogP contribution in [0, 0.1) is 6.92 Å². The van der Waals surface area contributed by atoms with Crippen LogP contribution in [0.3, 0.4) is 0 Å².